The molecule has 4 N–H and O–H groups in total. The molecule has 0 aliphatic rings. The Hall–Kier alpha value is -3.56. The first-order valence-corrected chi connectivity index (χ1v) is 7.71. The SMILES string of the molecule is COc1ccc(C(c2c(C)[nH][nH]c2=O)c2c(C)[nH][nH]c2=O)cc1[N+](=O)[O-]. The van der Waals surface area contributed by atoms with Gasteiger partial charge in [0.15, 0.2) is 5.75 Å². The third-order valence-corrected chi connectivity index (χ3v) is 4.33. The van der Waals surface area contributed by atoms with Crippen molar-refractivity contribution >= 4 is 5.69 Å². The van der Waals surface area contributed by atoms with Crippen molar-refractivity contribution in [3.05, 3.63) is 77.1 Å². The van der Waals surface area contributed by atoms with Gasteiger partial charge < -0.3 is 14.9 Å². The summed E-state index contributed by atoms with van der Waals surface area (Å²) >= 11 is 0. The first-order valence-electron chi connectivity index (χ1n) is 7.71. The van der Waals surface area contributed by atoms with Crippen LogP contribution in [0.2, 0.25) is 0 Å². The normalized spacial score (nSPS) is 11.1. The van der Waals surface area contributed by atoms with E-state index in [-0.39, 0.29) is 11.4 Å². The van der Waals surface area contributed by atoms with Gasteiger partial charge in [-0.1, -0.05) is 6.07 Å². The van der Waals surface area contributed by atoms with Gasteiger partial charge in [0.25, 0.3) is 11.1 Å². The van der Waals surface area contributed by atoms with Crippen LogP contribution in [-0.2, 0) is 0 Å². The van der Waals surface area contributed by atoms with Crippen molar-refractivity contribution < 1.29 is 9.66 Å². The standard InChI is InChI=1S/C16H17N5O5/c1-7-12(15(22)19-17-7)14(13-8(2)18-20-16(13)23)9-4-5-11(26-3)10(6-9)21(24)25/h4-6,14H,1-3H3,(H2,17,19,22)(H2,18,20,23). The van der Waals surface area contributed by atoms with Gasteiger partial charge in [-0.15, -0.1) is 0 Å². The molecule has 10 nitrogen and oxygen atoms in total. The third-order valence-electron chi connectivity index (χ3n) is 4.33. The minimum absolute atomic E-state index is 0.0944. The number of nitro benzene ring substituents is 1. The summed E-state index contributed by atoms with van der Waals surface area (Å²) in [4.78, 5) is 35.5. The third kappa shape index (κ3) is 2.70. The Kier molecular flexibility index (Phi) is 4.24. The van der Waals surface area contributed by atoms with E-state index in [2.05, 4.69) is 20.4 Å². The zero-order valence-electron chi connectivity index (χ0n) is 14.3. The summed E-state index contributed by atoms with van der Waals surface area (Å²) in [6.07, 6.45) is 0. The van der Waals surface area contributed by atoms with Crippen LogP contribution in [0.25, 0.3) is 0 Å². The van der Waals surface area contributed by atoms with E-state index >= 15 is 0 Å². The Morgan fingerprint density at radius 2 is 1.54 bits per heavy atom. The maximum Gasteiger partial charge on any atom is 0.311 e. The lowest BCUT2D eigenvalue weighted by atomic mass is 9.85. The number of rotatable bonds is 5. The summed E-state index contributed by atoms with van der Waals surface area (Å²) in [5.41, 5.74) is 1.10. The summed E-state index contributed by atoms with van der Waals surface area (Å²) in [7, 11) is 1.33. The van der Waals surface area contributed by atoms with Gasteiger partial charge >= 0.3 is 5.69 Å². The van der Waals surface area contributed by atoms with Crippen molar-refractivity contribution in [3.63, 3.8) is 0 Å². The highest BCUT2D eigenvalue weighted by atomic mass is 16.6. The van der Waals surface area contributed by atoms with Crippen LogP contribution in [0.15, 0.2) is 27.8 Å². The van der Waals surface area contributed by atoms with Gasteiger partial charge in [0.1, 0.15) is 0 Å². The largest absolute Gasteiger partial charge is 0.490 e. The molecule has 0 radical (unpaired) electrons. The topological polar surface area (TPSA) is 150 Å². The van der Waals surface area contributed by atoms with Crippen LogP contribution in [0.1, 0.15) is 34.0 Å². The van der Waals surface area contributed by atoms with Gasteiger partial charge in [-0.3, -0.25) is 29.9 Å². The monoisotopic (exact) mass is 359 g/mol. The predicted octanol–water partition coefficient (Wildman–Crippen LogP) is 1.43. The number of aromatic nitrogens is 4. The molecule has 10 heteroatoms. The van der Waals surface area contributed by atoms with Crippen LogP contribution in [0.4, 0.5) is 5.69 Å². The first kappa shape index (κ1) is 17.3. The van der Waals surface area contributed by atoms with Crippen LogP contribution < -0.4 is 15.9 Å². The number of nitrogens with one attached hydrogen (secondary N) is 4. The van der Waals surface area contributed by atoms with Crippen LogP contribution >= 0.6 is 0 Å². The molecular formula is C16H17N5O5. The minimum Gasteiger partial charge on any atom is -0.490 e. The Morgan fingerprint density at radius 1 is 1.00 bits per heavy atom. The lowest BCUT2D eigenvalue weighted by molar-refractivity contribution is -0.385. The highest BCUT2D eigenvalue weighted by Crippen LogP contribution is 2.36. The molecule has 3 rings (SSSR count). The first-order chi connectivity index (χ1) is 12.3. The second-order valence-electron chi connectivity index (χ2n) is 5.86. The molecule has 2 heterocycles. The van der Waals surface area contributed by atoms with Crippen molar-refractivity contribution in [3.8, 4) is 5.75 Å². The van der Waals surface area contributed by atoms with Gasteiger partial charge in [0.05, 0.1) is 23.2 Å². The Morgan fingerprint density at radius 3 is 1.92 bits per heavy atom. The van der Waals surface area contributed by atoms with Crippen LogP contribution in [-0.4, -0.2) is 32.4 Å². The van der Waals surface area contributed by atoms with E-state index in [4.69, 9.17) is 4.74 Å². The average Bonchev–Trinajstić information content (AvgIpc) is 3.12. The second-order valence-corrected chi connectivity index (χ2v) is 5.86. The number of hydrogen-bond acceptors (Lipinski definition) is 5. The molecule has 26 heavy (non-hydrogen) atoms. The molecule has 0 fully saturated rings. The number of ether oxygens (including phenoxy) is 1. The fraction of sp³-hybridized carbons (Fsp3) is 0.250. The molecule has 2 aromatic heterocycles. The Labute approximate surface area is 146 Å². The minimum atomic E-state index is -0.787. The summed E-state index contributed by atoms with van der Waals surface area (Å²) in [6, 6.07) is 4.38. The quantitative estimate of drug-likeness (QED) is 0.401. The van der Waals surface area contributed by atoms with Crippen molar-refractivity contribution in [2.24, 2.45) is 0 Å². The number of H-pyrrole nitrogens is 4. The van der Waals surface area contributed by atoms with Crippen LogP contribution in [0, 0.1) is 24.0 Å². The van der Waals surface area contributed by atoms with E-state index in [1.807, 2.05) is 0 Å². The molecule has 0 aliphatic heterocycles. The molecule has 0 aliphatic carbocycles. The van der Waals surface area contributed by atoms with E-state index < -0.39 is 22.0 Å². The number of aromatic amines is 4. The van der Waals surface area contributed by atoms with Gasteiger partial charge in [0.2, 0.25) is 0 Å². The van der Waals surface area contributed by atoms with Crippen molar-refractivity contribution in [1.29, 1.82) is 0 Å². The maximum absolute atomic E-state index is 12.3. The molecule has 0 atom stereocenters. The zero-order chi connectivity index (χ0) is 19.0. The van der Waals surface area contributed by atoms with E-state index in [1.165, 1.54) is 19.2 Å². The molecule has 0 spiro atoms. The highest BCUT2D eigenvalue weighted by Gasteiger charge is 2.30. The molecule has 0 saturated carbocycles. The van der Waals surface area contributed by atoms with Gasteiger partial charge in [-0.05, 0) is 25.5 Å². The molecule has 0 unspecified atom stereocenters. The van der Waals surface area contributed by atoms with Gasteiger partial charge in [0, 0.05) is 23.4 Å². The number of nitro groups is 1. The number of aryl methyl sites for hydroxylation is 2. The van der Waals surface area contributed by atoms with E-state index in [1.54, 1.807) is 19.9 Å². The molecule has 0 bridgehead atoms. The Balaban J connectivity index is 2.33. The van der Waals surface area contributed by atoms with E-state index in [0.717, 1.165) is 0 Å². The average molecular weight is 359 g/mol. The second kappa shape index (κ2) is 6.39. The van der Waals surface area contributed by atoms with Gasteiger partial charge in [-0.25, -0.2) is 0 Å². The van der Waals surface area contributed by atoms with E-state index in [9.17, 15) is 19.7 Å². The maximum atomic E-state index is 12.3. The number of benzene rings is 1. The summed E-state index contributed by atoms with van der Waals surface area (Å²) in [6.45, 7) is 3.38. The lowest BCUT2D eigenvalue weighted by Crippen LogP contribution is -2.20. The fourth-order valence-electron chi connectivity index (χ4n) is 3.11. The van der Waals surface area contributed by atoms with Crippen LogP contribution in [0.3, 0.4) is 0 Å². The molecule has 1 aromatic carbocycles. The fourth-order valence-corrected chi connectivity index (χ4v) is 3.11. The van der Waals surface area contributed by atoms with Crippen molar-refractivity contribution in [1.82, 2.24) is 20.4 Å². The molecule has 0 saturated heterocycles. The molecule has 136 valence electrons. The molecular weight excluding hydrogens is 342 g/mol. The van der Waals surface area contributed by atoms with Crippen molar-refractivity contribution in [2.45, 2.75) is 19.8 Å². The predicted molar refractivity (Wildman–Crippen MR) is 92.9 cm³/mol. The lowest BCUT2D eigenvalue weighted by Gasteiger charge is -2.16. The zero-order valence-corrected chi connectivity index (χ0v) is 14.3. The number of methoxy groups -OCH3 is 1. The molecule has 0 amide bonds. The van der Waals surface area contributed by atoms with Crippen LogP contribution in [0.5, 0.6) is 5.75 Å². The Bertz CT molecular complexity index is 1030. The van der Waals surface area contributed by atoms with Gasteiger partial charge in [-0.2, -0.15) is 0 Å². The highest BCUT2D eigenvalue weighted by molar-refractivity contribution is 5.54. The smallest absolute Gasteiger partial charge is 0.311 e. The van der Waals surface area contributed by atoms with Crippen molar-refractivity contribution in [2.75, 3.05) is 7.11 Å². The summed E-state index contributed by atoms with van der Waals surface area (Å²) < 4.78 is 5.03. The number of hydrogen-bond donors (Lipinski definition) is 4. The summed E-state index contributed by atoms with van der Waals surface area (Å²) in [5.74, 6) is -0.693. The number of nitrogens with zero attached hydrogens (tertiary/aromatic N) is 1. The summed E-state index contributed by atoms with van der Waals surface area (Å²) in [5, 5.41) is 21.8. The molecule has 3 aromatic rings. The van der Waals surface area contributed by atoms with E-state index in [0.29, 0.717) is 28.1 Å².